The molecule has 0 fully saturated rings. The first-order valence-electron chi connectivity index (χ1n) is 10.7. The Labute approximate surface area is 184 Å². The summed E-state index contributed by atoms with van der Waals surface area (Å²) in [6, 6.07) is 5.88. The second kappa shape index (κ2) is 10.3. The van der Waals surface area contributed by atoms with E-state index in [4.69, 9.17) is 4.74 Å². The molecular weight excluding hydrogens is 396 g/mol. The van der Waals surface area contributed by atoms with Crippen LogP contribution in [0.25, 0.3) is 0 Å². The van der Waals surface area contributed by atoms with Gasteiger partial charge in [-0.2, -0.15) is 0 Å². The van der Waals surface area contributed by atoms with Crippen LogP contribution in [-0.2, 0) is 9.53 Å². The van der Waals surface area contributed by atoms with Crippen LogP contribution in [0.1, 0.15) is 66.0 Å². The molecule has 0 aliphatic carbocycles. The molecule has 8 nitrogen and oxygen atoms in total. The number of benzene rings is 1. The van der Waals surface area contributed by atoms with Gasteiger partial charge in [-0.25, -0.2) is 14.4 Å². The van der Waals surface area contributed by atoms with Gasteiger partial charge in [-0.1, -0.05) is 25.5 Å². The maximum atomic E-state index is 12.7. The summed E-state index contributed by atoms with van der Waals surface area (Å²) in [4.78, 5) is 39.1. The largest absolute Gasteiger partial charge is 0.463 e. The number of allylic oxidation sites excluding steroid dienone is 1. The van der Waals surface area contributed by atoms with Crippen molar-refractivity contribution in [1.82, 2.24) is 15.5 Å². The van der Waals surface area contributed by atoms with Gasteiger partial charge in [0.2, 0.25) is 0 Å². The number of carbonyl (C=O) groups excluding carboxylic acids is 3. The summed E-state index contributed by atoms with van der Waals surface area (Å²) in [6.07, 6.45) is 1.77. The zero-order valence-electron chi connectivity index (χ0n) is 19.3. The second-order valence-corrected chi connectivity index (χ2v) is 8.56. The molecule has 1 aromatic carbocycles. The Kier molecular flexibility index (Phi) is 8.08. The maximum Gasteiger partial charge on any atom is 0.338 e. The van der Waals surface area contributed by atoms with Crippen molar-refractivity contribution >= 4 is 23.7 Å². The van der Waals surface area contributed by atoms with Crippen LogP contribution in [0.15, 0.2) is 35.5 Å². The van der Waals surface area contributed by atoms with Gasteiger partial charge in [0, 0.05) is 23.5 Å². The molecule has 0 spiro atoms. The fraction of sp³-hybridized carbons (Fsp3) is 0.522. The van der Waals surface area contributed by atoms with Crippen LogP contribution < -0.4 is 16.0 Å². The Morgan fingerprint density at radius 2 is 1.81 bits per heavy atom. The Bertz CT molecular complexity index is 840. The van der Waals surface area contributed by atoms with E-state index in [0.717, 1.165) is 18.4 Å². The van der Waals surface area contributed by atoms with Crippen molar-refractivity contribution in [3.8, 4) is 0 Å². The van der Waals surface area contributed by atoms with Crippen molar-refractivity contribution < 1.29 is 19.1 Å². The highest BCUT2D eigenvalue weighted by atomic mass is 16.5. The summed E-state index contributed by atoms with van der Waals surface area (Å²) >= 11 is 0. The van der Waals surface area contributed by atoms with Gasteiger partial charge in [0.25, 0.3) is 0 Å². The predicted octanol–water partition coefficient (Wildman–Crippen LogP) is 4.31. The molecule has 0 aromatic heterocycles. The van der Waals surface area contributed by atoms with Gasteiger partial charge >= 0.3 is 18.0 Å². The minimum atomic E-state index is -0.623. The van der Waals surface area contributed by atoms with Crippen molar-refractivity contribution in [1.29, 1.82) is 0 Å². The number of esters is 1. The van der Waals surface area contributed by atoms with E-state index in [1.54, 1.807) is 43.0 Å². The first-order valence-corrected chi connectivity index (χ1v) is 10.7. The topological polar surface area (TPSA) is 99.8 Å². The smallest absolute Gasteiger partial charge is 0.338 e. The van der Waals surface area contributed by atoms with E-state index in [9.17, 15) is 14.4 Å². The summed E-state index contributed by atoms with van der Waals surface area (Å²) in [7, 11) is 0. The Morgan fingerprint density at radius 1 is 1.16 bits per heavy atom. The van der Waals surface area contributed by atoms with E-state index < -0.39 is 12.0 Å². The third kappa shape index (κ3) is 6.47. The molecule has 1 atom stereocenters. The normalized spacial score (nSPS) is 16.6. The average molecular weight is 431 g/mol. The third-order valence-corrected chi connectivity index (χ3v) is 4.82. The molecule has 0 saturated heterocycles. The number of hydrogen-bond acceptors (Lipinski definition) is 4. The highest BCUT2D eigenvalue weighted by Crippen LogP contribution is 2.32. The molecule has 1 aromatic rings. The number of urea groups is 2. The first kappa shape index (κ1) is 24.2. The summed E-state index contributed by atoms with van der Waals surface area (Å²) in [6.45, 7) is 12.1. The molecule has 170 valence electrons. The van der Waals surface area contributed by atoms with Crippen LogP contribution >= 0.6 is 0 Å². The molecule has 1 unspecified atom stereocenters. The SMILES string of the molecule is CCCCN1C(=O)NC(c2ccc(NC(=O)NC(C)(C)C)cc2)C(C(=O)OCC)=C1C. The Morgan fingerprint density at radius 3 is 2.35 bits per heavy atom. The summed E-state index contributed by atoms with van der Waals surface area (Å²) in [5.41, 5.74) is 2.01. The van der Waals surface area contributed by atoms with Crippen molar-refractivity contribution in [3.63, 3.8) is 0 Å². The molecule has 8 heteroatoms. The van der Waals surface area contributed by atoms with Crippen molar-refractivity contribution in [3.05, 3.63) is 41.1 Å². The number of rotatable bonds is 7. The van der Waals surface area contributed by atoms with Gasteiger partial charge < -0.3 is 20.7 Å². The summed E-state index contributed by atoms with van der Waals surface area (Å²) < 4.78 is 5.27. The van der Waals surface area contributed by atoms with Gasteiger partial charge in [-0.15, -0.1) is 0 Å². The number of anilines is 1. The average Bonchev–Trinajstić information content (AvgIpc) is 2.66. The van der Waals surface area contributed by atoms with E-state index in [2.05, 4.69) is 16.0 Å². The van der Waals surface area contributed by atoms with Gasteiger partial charge in [0.1, 0.15) is 0 Å². The quantitative estimate of drug-likeness (QED) is 0.561. The molecule has 1 heterocycles. The van der Waals surface area contributed by atoms with Crippen LogP contribution in [0.2, 0.25) is 0 Å². The van der Waals surface area contributed by atoms with Gasteiger partial charge in [-0.3, -0.25) is 4.90 Å². The Balaban J connectivity index is 2.30. The van der Waals surface area contributed by atoms with E-state index in [1.807, 2.05) is 27.7 Å². The zero-order valence-corrected chi connectivity index (χ0v) is 19.3. The highest BCUT2D eigenvalue weighted by molar-refractivity contribution is 5.95. The molecule has 4 amide bonds. The molecule has 31 heavy (non-hydrogen) atoms. The van der Waals surface area contributed by atoms with Crippen LogP contribution in [-0.4, -0.2) is 41.6 Å². The van der Waals surface area contributed by atoms with Crippen LogP contribution in [0.5, 0.6) is 0 Å². The van der Waals surface area contributed by atoms with Crippen molar-refractivity contribution in [2.45, 2.75) is 66.0 Å². The molecule has 0 radical (unpaired) electrons. The predicted molar refractivity (Wildman–Crippen MR) is 121 cm³/mol. The van der Waals surface area contributed by atoms with E-state index in [1.165, 1.54) is 0 Å². The minimum absolute atomic E-state index is 0.240. The van der Waals surface area contributed by atoms with E-state index >= 15 is 0 Å². The van der Waals surface area contributed by atoms with Crippen LogP contribution in [0.4, 0.5) is 15.3 Å². The molecule has 1 aliphatic heterocycles. The number of ether oxygens (including phenoxy) is 1. The summed E-state index contributed by atoms with van der Waals surface area (Å²) in [5.74, 6) is -0.446. The van der Waals surface area contributed by atoms with Crippen molar-refractivity contribution in [2.24, 2.45) is 0 Å². The molecular formula is C23H34N4O4. The number of nitrogens with zero attached hydrogens (tertiary/aromatic N) is 1. The van der Waals surface area contributed by atoms with Crippen LogP contribution in [0, 0.1) is 0 Å². The fourth-order valence-corrected chi connectivity index (χ4v) is 3.35. The lowest BCUT2D eigenvalue weighted by Crippen LogP contribution is -2.48. The summed E-state index contributed by atoms with van der Waals surface area (Å²) in [5, 5.41) is 8.55. The molecule has 2 rings (SSSR count). The highest BCUT2D eigenvalue weighted by Gasteiger charge is 2.36. The molecule has 0 saturated carbocycles. The third-order valence-electron chi connectivity index (χ3n) is 4.82. The van der Waals surface area contributed by atoms with Gasteiger partial charge in [-0.05, 0) is 58.7 Å². The maximum absolute atomic E-state index is 12.7. The molecule has 0 bridgehead atoms. The first-order chi connectivity index (χ1) is 14.6. The Hall–Kier alpha value is -3.03. The second-order valence-electron chi connectivity index (χ2n) is 8.56. The molecule has 3 N–H and O–H groups in total. The van der Waals surface area contributed by atoms with Gasteiger partial charge in [0.05, 0.1) is 18.2 Å². The standard InChI is InChI=1S/C23H34N4O4/c1-7-9-14-27-15(3)18(20(28)31-8-2)19(25-22(27)30)16-10-12-17(13-11-16)24-21(29)26-23(4,5)6/h10-13,19H,7-9,14H2,1-6H3,(H,25,30)(H2,24,26,29). The number of hydrogen-bond donors (Lipinski definition) is 3. The minimum Gasteiger partial charge on any atom is -0.463 e. The molecule has 1 aliphatic rings. The lowest BCUT2D eigenvalue weighted by atomic mass is 9.94. The lowest BCUT2D eigenvalue weighted by Gasteiger charge is -2.35. The fourth-order valence-electron chi connectivity index (χ4n) is 3.35. The van der Waals surface area contributed by atoms with Gasteiger partial charge in [0.15, 0.2) is 0 Å². The van der Waals surface area contributed by atoms with E-state index in [-0.39, 0.29) is 24.2 Å². The van der Waals surface area contributed by atoms with E-state index in [0.29, 0.717) is 23.5 Å². The number of amides is 4. The zero-order chi connectivity index (χ0) is 23.2. The van der Waals surface area contributed by atoms with Crippen LogP contribution in [0.3, 0.4) is 0 Å². The van der Waals surface area contributed by atoms with Crippen molar-refractivity contribution in [2.75, 3.05) is 18.5 Å². The number of nitrogens with one attached hydrogen (secondary N) is 3. The number of unbranched alkanes of at least 4 members (excludes halogenated alkanes) is 1. The number of carbonyl (C=O) groups is 3. The monoisotopic (exact) mass is 430 g/mol. The lowest BCUT2D eigenvalue weighted by molar-refractivity contribution is -0.139.